The van der Waals surface area contributed by atoms with Gasteiger partial charge in [-0.1, -0.05) is 24.3 Å². The van der Waals surface area contributed by atoms with Gasteiger partial charge in [-0.2, -0.15) is 10.2 Å². The van der Waals surface area contributed by atoms with E-state index in [2.05, 4.69) is 27.8 Å². The molecule has 0 saturated carbocycles. The summed E-state index contributed by atoms with van der Waals surface area (Å²) in [6, 6.07) is 7.77. The third-order valence-electron chi connectivity index (χ3n) is 1.76. The Hall–Kier alpha value is -1.95. The fraction of sp³-hybridized carbons (Fsp3) is 0.182. The van der Waals surface area contributed by atoms with Crippen LogP contribution in [0.4, 0.5) is 0 Å². The second-order valence-corrected chi connectivity index (χ2v) is 3.93. The van der Waals surface area contributed by atoms with E-state index in [1.807, 2.05) is 38.4 Å². The molecule has 1 rings (SSSR count). The van der Waals surface area contributed by atoms with Gasteiger partial charge in [-0.05, 0) is 23.3 Å². The molecule has 0 aliphatic carbocycles. The largest absolute Gasteiger partial charge is 0.375 e. The summed E-state index contributed by atoms with van der Waals surface area (Å²) >= 11 is 4.62. The number of nitrogens with two attached hydrogens (primary N) is 1. The van der Waals surface area contributed by atoms with E-state index in [4.69, 9.17) is 5.73 Å². The summed E-state index contributed by atoms with van der Waals surface area (Å²) in [6.07, 6.45) is 3.43. The third-order valence-corrected chi connectivity index (χ3v) is 1.85. The lowest BCUT2D eigenvalue weighted by Gasteiger charge is -2.02. The molecule has 0 saturated heterocycles. The van der Waals surface area contributed by atoms with Crippen LogP contribution in [0.3, 0.4) is 0 Å². The molecule has 0 fully saturated rings. The van der Waals surface area contributed by atoms with Crippen molar-refractivity contribution in [2.45, 2.75) is 0 Å². The van der Waals surface area contributed by atoms with Gasteiger partial charge in [0, 0.05) is 14.1 Å². The van der Waals surface area contributed by atoms with Crippen molar-refractivity contribution in [1.82, 2.24) is 10.4 Å². The van der Waals surface area contributed by atoms with Crippen LogP contribution in [0.2, 0.25) is 0 Å². The van der Waals surface area contributed by atoms with Crippen molar-refractivity contribution in [2.75, 3.05) is 14.1 Å². The van der Waals surface area contributed by atoms with Gasteiger partial charge in [-0.3, -0.25) is 5.43 Å². The highest BCUT2D eigenvalue weighted by atomic mass is 32.1. The normalized spacial score (nSPS) is 10.9. The molecule has 0 amide bonds. The molecule has 0 atom stereocenters. The van der Waals surface area contributed by atoms with Gasteiger partial charge in [0.2, 0.25) is 0 Å². The number of thiocarbonyl (C=S) groups is 1. The first-order valence-corrected chi connectivity index (χ1v) is 5.38. The molecule has 0 aliphatic heterocycles. The molecule has 0 aromatic heterocycles. The van der Waals surface area contributed by atoms with E-state index < -0.39 is 0 Å². The minimum Gasteiger partial charge on any atom is -0.375 e. The molecule has 0 unspecified atom stereocenters. The summed E-state index contributed by atoms with van der Waals surface area (Å²) in [5.74, 6) is 0. The lowest BCUT2D eigenvalue weighted by Crippen LogP contribution is -2.23. The fourth-order valence-corrected chi connectivity index (χ4v) is 1.07. The van der Waals surface area contributed by atoms with Crippen LogP contribution < -0.4 is 11.2 Å². The van der Waals surface area contributed by atoms with Crippen LogP contribution in [-0.2, 0) is 0 Å². The van der Waals surface area contributed by atoms with Gasteiger partial charge >= 0.3 is 0 Å². The average molecular weight is 249 g/mol. The van der Waals surface area contributed by atoms with Crippen molar-refractivity contribution in [3.8, 4) is 0 Å². The maximum absolute atomic E-state index is 5.23. The molecule has 3 N–H and O–H groups in total. The number of benzene rings is 1. The first-order chi connectivity index (χ1) is 8.08. The van der Waals surface area contributed by atoms with Crippen molar-refractivity contribution < 1.29 is 0 Å². The Morgan fingerprint density at radius 3 is 2.24 bits per heavy atom. The SMILES string of the molecule is CN(C)/N=C\c1ccc(C=NNC(N)=S)cc1. The highest BCUT2D eigenvalue weighted by molar-refractivity contribution is 7.80. The Bertz CT molecular complexity index is 422. The summed E-state index contributed by atoms with van der Waals surface area (Å²) in [5, 5.41) is 9.89. The van der Waals surface area contributed by atoms with Crippen LogP contribution in [0.25, 0.3) is 0 Å². The Morgan fingerprint density at radius 1 is 1.24 bits per heavy atom. The number of rotatable bonds is 4. The van der Waals surface area contributed by atoms with Crippen LogP contribution in [-0.4, -0.2) is 36.6 Å². The minimum absolute atomic E-state index is 0.149. The summed E-state index contributed by atoms with van der Waals surface area (Å²) in [6.45, 7) is 0. The second-order valence-electron chi connectivity index (χ2n) is 3.49. The van der Waals surface area contributed by atoms with Crippen molar-refractivity contribution in [1.29, 1.82) is 0 Å². The van der Waals surface area contributed by atoms with Crippen molar-refractivity contribution in [2.24, 2.45) is 15.9 Å². The van der Waals surface area contributed by atoms with Gasteiger partial charge in [-0.15, -0.1) is 0 Å². The quantitative estimate of drug-likeness (QED) is 0.469. The van der Waals surface area contributed by atoms with E-state index in [0.717, 1.165) is 11.1 Å². The van der Waals surface area contributed by atoms with Gasteiger partial charge in [0.25, 0.3) is 0 Å². The Labute approximate surface area is 106 Å². The lowest BCUT2D eigenvalue weighted by atomic mass is 10.2. The van der Waals surface area contributed by atoms with Crippen molar-refractivity contribution in [3.63, 3.8) is 0 Å². The predicted octanol–water partition coefficient (Wildman–Crippen LogP) is 0.749. The molecule has 17 heavy (non-hydrogen) atoms. The number of nitrogens with one attached hydrogen (secondary N) is 1. The van der Waals surface area contributed by atoms with Gasteiger partial charge < -0.3 is 10.7 Å². The molecule has 0 spiro atoms. The summed E-state index contributed by atoms with van der Waals surface area (Å²) in [5.41, 5.74) is 9.71. The zero-order valence-electron chi connectivity index (χ0n) is 9.79. The highest BCUT2D eigenvalue weighted by Gasteiger charge is 1.90. The van der Waals surface area contributed by atoms with E-state index in [0.29, 0.717) is 0 Å². The molecule has 0 bridgehead atoms. The summed E-state index contributed by atoms with van der Waals surface area (Å²) in [7, 11) is 3.75. The van der Waals surface area contributed by atoms with Crippen molar-refractivity contribution >= 4 is 29.8 Å². The molecular formula is C11H15N5S. The summed E-state index contributed by atoms with van der Waals surface area (Å²) in [4.78, 5) is 0. The molecule has 0 heterocycles. The van der Waals surface area contributed by atoms with Gasteiger partial charge in [-0.25, -0.2) is 0 Å². The molecule has 0 aliphatic rings. The maximum atomic E-state index is 5.23. The first-order valence-electron chi connectivity index (χ1n) is 4.98. The first kappa shape index (κ1) is 13.1. The average Bonchev–Trinajstić information content (AvgIpc) is 2.27. The zero-order chi connectivity index (χ0) is 12.7. The third kappa shape index (κ3) is 5.62. The lowest BCUT2D eigenvalue weighted by molar-refractivity contribution is 0.440. The monoisotopic (exact) mass is 249 g/mol. The second kappa shape index (κ2) is 6.59. The van der Waals surface area contributed by atoms with Crippen LogP contribution in [0.5, 0.6) is 0 Å². The molecule has 0 radical (unpaired) electrons. The number of hydrogen-bond donors (Lipinski definition) is 2. The number of nitrogens with zero attached hydrogens (tertiary/aromatic N) is 3. The fourth-order valence-electron chi connectivity index (χ4n) is 1.02. The van der Waals surface area contributed by atoms with Crippen molar-refractivity contribution in [3.05, 3.63) is 35.4 Å². The van der Waals surface area contributed by atoms with Crippen LogP contribution in [0.15, 0.2) is 34.5 Å². The smallest absolute Gasteiger partial charge is 0.184 e. The molecule has 6 heteroatoms. The van der Waals surface area contributed by atoms with E-state index in [-0.39, 0.29) is 5.11 Å². The van der Waals surface area contributed by atoms with E-state index in [1.165, 1.54) is 0 Å². The van der Waals surface area contributed by atoms with E-state index in [9.17, 15) is 0 Å². The van der Waals surface area contributed by atoms with E-state index in [1.54, 1.807) is 17.4 Å². The molecule has 1 aromatic rings. The Morgan fingerprint density at radius 2 is 1.76 bits per heavy atom. The topological polar surface area (TPSA) is 66.0 Å². The number of hydrazone groups is 2. The van der Waals surface area contributed by atoms with Gasteiger partial charge in [0.1, 0.15) is 0 Å². The van der Waals surface area contributed by atoms with E-state index >= 15 is 0 Å². The standard InChI is InChI=1S/C11H15N5S/c1-16(2)14-8-10-5-3-9(4-6-10)7-13-15-11(12)17/h3-8H,1-2H3,(H3,12,15,17)/b13-7?,14-8-. The maximum Gasteiger partial charge on any atom is 0.184 e. The summed E-state index contributed by atoms with van der Waals surface area (Å²) < 4.78 is 0. The molecule has 5 nitrogen and oxygen atoms in total. The molecular weight excluding hydrogens is 234 g/mol. The zero-order valence-corrected chi connectivity index (χ0v) is 10.6. The molecule has 90 valence electrons. The number of hydrogen-bond acceptors (Lipinski definition) is 4. The minimum atomic E-state index is 0.149. The Balaban J connectivity index is 2.62. The van der Waals surface area contributed by atoms with Crippen LogP contribution in [0, 0.1) is 0 Å². The predicted molar refractivity (Wildman–Crippen MR) is 75.2 cm³/mol. The highest BCUT2D eigenvalue weighted by Crippen LogP contribution is 2.00. The van der Waals surface area contributed by atoms with Crippen LogP contribution in [0.1, 0.15) is 11.1 Å². The van der Waals surface area contributed by atoms with Gasteiger partial charge in [0.15, 0.2) is 5.11 Å². The Kier molecular flexibility index (Phi) is 5.09. The molecule has 1 aromatic carbocycles. The van der Waals surface area contributed by atoms with Gasteiger partial charge in [0.05, 0.1) is 12.4 Å². The van der Waals surface area contributed by atoms with Crippen LogP contribution >= 0.6 is 12.2 Å².